The molecular formula is C14H10FNO3S. The first kappa shape index (κ1) is 12.8. The molecule has 0 aliphatic rings. The van der Waals surface area contributed by atoms with Crippen LogP contribution in [-0.4, -0.2) is 11.1 Å². The van der Waals surface area contributed by atoms with Crippen LogP contribution in [0, 0.1) is 12.7 Å². The fourth-order valence-electron chi connectivity index (χ4n) is 1.81. The number of benzene rings is 1. The van der Waals surface area contributed by atoms with Gasteiger partial charge in [0.05, 0.1) is 0 Å². The number of fused-ring (bicyclic) bond motifs is 1. The molecule has 102 valence electrons. The number of thiophene rings is 1. The number of rotatable bonds is 3. The molecule has 0 atom stereocenters. The van der Waals surface area contributed by atoms with Crippen LogP contribution in [0.4, 0.5) is 4.39 Å². The van der Waals surface area contributed by atoms with Crippen molar-refractivity contribution in [2.24, 2.45) is 0 Å². The molecule has 0 amide bonds. The van der Waals surface area contributed by atoms with E-state index in [2.05, 4.69) is 5.16 Å². The number of aromatic nitrogens is 1. The minimum Gasteiger partial charge on any atom is -0.455 e. The second-order valence-electron chi connectivity index (χ2n) is 4.30. The van der Waals surface area contributed by atoms with Crippen molar-refractivity contribution in [3.63, 3.8) is 0 Å². The Kier molecular flexibility index (Phi) is 3.23. The molecule has 0 aliphatic carbocycles. The maximum atomic E-state index is 13.1. The summed E-state index contributed by atoms with van der Waals surface area (Å²) in [5.41, 5.74) is 0.558. The zero-order valence-corrected chi connectivity index (χ0v) is 11.4. The molecule has 20 heavy (non-hydrogen) atoms. The van der Waals surface area contributed by atoms with Crippen molar-refractivity contribution in [2.75, 3.05) is 0 Å². The van der Waals surface area contributed by atoms with Crippen molar-refractivity contribution in [2.45, 2.75) is 13.5 Å². The van der Waals surface area contributed by atoms with Gasteiger partial charge in [-0.15, -0.1) is 11.3 Å². The van der Waals surface area contributed by atoms with Crippen molar-refractivity contribution in [3.05, 3.63) is 52.5 Å². The van der Waals surface area contributed by atoms with Crippen molar-refractivity contribution in [1.29, 1.82) is 0 Å². The van der Waals surface area contributed by atoms with E-state index in [1.807, 2.05) is 0 Å². The lowest BCUT2D eigenvalue weighted by Gasteiger charge is -1.98. The smallest absolute Gasteiger partial charge is 0.348 e. The molecule has 2 heterocycles. The molecule has 6 heteroatoms. The van der Waals surface area contributed by atoms with E-state index in [-0.39, 0.29) is 12.4 Å². The normalized spacial score (nSPS) is 10.9. The van der Waals surface area contributed by atoms with Gasteiger partial charge in [0.25, 0.3) is 0 Å². The summed E-state index contributed by atoms with van der Waals surface area (Å²) in [6.45, 7) is 1.82. The quantitative estimate of drug-likeness (QED) is 0.690. The van der Waals surface area contributed by atoms with Gasteiger partial charge in [0.1, 0.15) is 28.8 Å². The van der Waals surface area contributed by atoms with E-state index >= 15 is 0 Å². The predicted molar refractivity (Wildman–Crippen MR) is 72.1 cm³/mol. The summed E-state index contributed by atoms with van der Waals surface area (Å²) >= 11 is 1.27. The molecule has 1 aromatic carbocycles. The van der Waals surface area contributed by atoms with Gasteiger partial charge in [-0.3, -0.25) is 0 Å². The number of hydrogen-bond acceptors (Lipinski definition) is 5. The summed E-state index contributed by atoms with van der Waals surface area (Å²) in [7, 11) is 0. The molecule has 0 saturated heterocycles. The van der Waals surface area contributed by atoms with Crippen LogP contribution < -0.4 is 0 Å². The number of ether oxygens (including phenoxy) is 1. The lowest BCUT2D eigenvalue weighted by atomic mass is 10.2. The Morgan fingerprint density at radius 3 is 3.00 bits per heavy atom. The van der Waals surface area contributed by atoms with Crippen molar-refractivity contribution in [1.82, 2.24) is 5.16 Å². The summed E-state index contributed by atoms with van der Waals surface area (Å²) in [6.07, 6.45) is 0. The van der Waals surface area contributed by atoms with Gasteiger partial charge >= 0.3 is 5.97 Å². The van der Waals surface area contributed by atoms with Crippen molar-refractivity contribution < 1.29 is 18.4 Å². The molecule has 3 rings (SSSR count). The van der Waals surface area contributed by atoms with E-state index in [1.54, 1.807) is 25.1 Å². The maximum Gasteiger partial charge on any atom is 0.348 e. The fraction of sp³-hybridized carbons (Fsp3) is 0.143. The summed E-state index contributed by atoms with van der Waals surface area (Å²) in [5, 5.41) is 4.43. The predicted octanol–water partition coefficient (Wildman–Crippen LogP) is 3.69. The highest BCUT2D eigenvalue weighted by molar-refractivity contribution is 7.20. The highest BCUT2D eigenvalue weighted by Gasteiger charge is 2.13. The largest absolute Gasteiger partial charge is 0.455 e. The molecule has 0 saturated carbocycles. The number of carbonyl (C=O) groups excluding carboxylic acids is 1. The molecule has 4 nitrogen and oxygen atoms in total. The van der Waals surface area contributed by atoms with Crippen molar-refractivity contribution >= 4 is 27.4 Å². The van der Waals surface area contributed by atoms with Crippen LogP contribution in [0.3, 0.4) is 0 Å². The zero-order chi connectivity index (χ0) is 14.1. The Balaban J connectivity index is 1.75. The van der Waals surface area contributed by atoms with E-state index in [0.29, 0.717) is 21.7 Å². The van der Waals surface area contributed by atoms with Crippen LogP contribution in [0.25, 0.3) is 10.1 Å². The number of aryl methyl sites for hydroxylation is 1. The van der Waals surface area contributed by atoms with Crippen LogP contribution in [0.1, 0.15) is 21.1 Å². The second kappa shape index (κ2) is 5.05. The van der Waals surface area contributed by atoms with E-state index in [0.717, 1.165) is 4.70 Å². The topological polar surface area (TPSA) is 52.3 Å². The minimum atomic E-state index is -0.452. The van der Waals surface area contributed by atoms with Gasteiger partial charge in [-0.25, -0.2) is 9.18 Å². The summed E-state index contributed by atoms with van der Waals surface area (Å²) in [4.78, 5) is 12.4. The summed E-state index contributed by atoms with van der Waals surface area (Å²) < 4.78 is 24.0. The Hall–Kier alpha value is -2.21. The van der Waals surface area contributed by atoms with Crippen LogP contribution in [0.15, 0.2) is 34.9 Å². The third kappa shape index (κ3) is 2.55. The van der Waals surface area contributed by atoms with Crippen LogP contribution >= 0.6 is 11.3 Å². The highest BCUT2D eigenvalue weighted by atomic mass is 32.1. The number of halogens is 1. The lowest BCUT2D eigenvalue weighted by Crippen LogP contribution is -2.03. The molecule has 0 unspecified atom stereocenters. The highest BCUT2D eigenvalue weighted by Crippen LogP contribution is 2.27. The monoisotopic (exact) mass is 291 g/mol. The maximum absolute atomic E-state index is 13.1. The Labute approximate surface area is 117 Å². The number of hydrogen-bond donors (Lipinski definition) is 0. The van der Waals surface area contributed by atoms with Gasteiger partial charge in [-0.2, -0.15) is 0 Å². The number of nitrogens with zero attached hydrogens (tertiary/aromatic N) is 1. The number of esters is 1. The fourth-order valence-corrected chi connectivity index (χ4v) is 2.75. The summed E-state index contributed by atoms with van der Waals surface area (Å²) in [5.74, 6) is -0.117. The minimum absolute atomic E-state index is 0.0543. The van der Waals surface area contributed by atoms with E-state index < -0.39 is 5.97 Å². The molecular weight excluding hydrogens is 281 g/mol. The first-order chi connectivity index (χ1) is 9.61. The van der Waals surface area contributed by atoms with Gasteiger partial charge in [0, 0.05) is 10.8 Å². The van der Waals surface area contributed by atoms with Crippen LogP contribution in [-0.2, 0) is 11.3 Å². The first-order valence-corrected chi connectivity index (χ1v) is 6.72. The zero-order valence-electron chi connectivity index (χ0n) is 10.6. The van der Waals surface area contributed by atoms with E-state index in [9.17, 15) is 9.18 Å². The Morgan fingerprint density at radius 2 is 2.25 bits per heavy atom. The molecule has 0 spiro atoms. The van der Waals surface area contributed by atoms with Crippen LogP contribution in [0.2, 0.25) is 0 Å². The third-order valence-electron chi connectivity index (χ3n) is 2.71. The average molecular weight is 291 g/mol. The van der Waals surface area contributed by atoms with Gasteiger partial charge in [0.15, 0.2) is 0 Å². The van der Waals surface area contributed by atoms with Gasteiger partial charge < -0.3 is 9.26 Å². The molecule has 3 aromatic rings. The van der Waals surface area contributed by atoms with Crippen LogP contribution in [0.5, 0.6) is 0 Å². The molecule has 0 fully saturated rings. The third-order valence-corrected chi connectivity index (χ3v) is 3.80. The number of carbonyl (C=O) groups is 1. The average Bonchev–Trinajstić information content (AvgIpc) is 3.01. The van der Waals surface area contributed by atoms with Gasteiger partial charge in [-0.1, -0.05) is 5.16 Å². The SMILES string of the molecule is Cc1cc(COC(=O)c2cc3cc(F)ccc3s2)no1. The first-order valence-electron chi connectivity index (χ1n) is 5.90. The summed E-state index contributed by atoms with van der Waals surface area (Å²) in [6, 6.07) is 7.73. The Morgan fingerprint density at radius 1 is 1.40 bits per heavy atom. The van der Waals surface area contributed by atoms with Gasteiger partial charge in [-0.05, 0) is 36.6 Å². The molecule has 0 N–H and O–H groups in total. The van der Waals surface area contributed by atoms with E-state index in [1.165, 1.54) is 23.5 Å². The van der Waals surface area contributed by atoms with Gasteiger partial charge in [0.2, 0.25) is 0 Å². The Bertz CT molecular complexity index is 778. The molecule has 0 aliphatic heterocycles. The van der Waals surface area contributed by atoms with Crippen molar-refractivity contribution in [3.8, 4) is 0 Å². The lowest BCUT2D eigenvalue weighted by molar-refractivity contribution is 0.0470. The standard InChI is InChI=1S/C14H10FNO3S/c1-8-4-11(16-19-8)7-18-14(17)13-6-9-5-10(15)2-3-12(9)20-13/h2-6H,7H2,1H3. The second-order valence-corrected chi connectivity index (χ2v) is 5.38. The molecule has 0 radical (unpaired) electrons. The molecule has 2 aromatic heterocycles. The van der Waals surface area contributed by atoms with E-state index in [4.69, 9.17) is 9.26 Å². The molecule has 0 bridgehead atoms.